The predicted molar refractivity (Wildman–Crippen MR) is 74.5 cm³/mol. The molecule has 0 unspecified atom stereocenters. The van der Waals surface area contributed by atoms with Crippen LogP contribution < -0.4 is 5.19 Å². The summed E-state index contributed by atoms with van der Waals surface area (Å²) in [4.78, 5) is 18.5. The van der Waals surface area contributed by atoms with E-state index in [0.717, 1.165) is 18.3 Å². The molecule has 0 radical (unpaired) electrons. The fraction of sp³-hybridized carbons (Fsp3) is 0.538. The zero-order valence-corrected chi connectivity index (χ0v) is 12.4. The minimum absolute atomic E-state index is 0.0630. The van der Waals surface area contributed by atoms with Gasteiger partial charge in [-0.3, -0.25) is 9.78 Å². The summed E-state index contributed by atoms with van der Waals surface area (Å²) in [5.74, 6) is 0.0630. The summed E-state index contributed by atoms with van der Waals surface area (Å²) in [6.45, 7) is 12.2. The van der Waals surface area contributed by atoms with Gasteiger partial charge in [-0.2, -0.15) is 0 Å². The van der Waals surface area contributed by atoms with Crippen LogP contribution in [0.1, 0.15) is 24.3 Å². The van der Waals surface area contributed by atoms with Crippen molar-refractivity contribution in [3.8, 4) is 0 Å². The fourth-order valence-electron chi connectivity index (χ4n) is 1.84. The van der Waals surface area contributed by atoms with Crippen molar-refractivity contribution in [3.05, 3.63) is 24.0 Å². The smallest absolute Gasteiger partial charge is 0.272 e. The van der Waals surface area contributed by atoms with E-state index in [1.165, 1.54) is 0 Å². The summed E-state index contributed by atoms with van der Waals surface area (Å²) in [5.41, 5.74) is 0.648. The molecular formula is C13H22N2OSi. The first-order valence-electron chi connectivity index (χ1n) is 6.16. The van der Waals surface area contributed by atoms with Gasteiger partial charge in [-0.15, -0.1) is 0 Å². The Morgan fingerprint density at radius 1 is 1.29 bits per heavy atom. The zero-order chi connectivity index (χ0) is 13.1. The van der Waals surface area contributed by atoms with Crippen molar-refractivity contribution in [3.63, 3.8) is 0 Å². The number of hydrogen-bond acceptors (Lipinski definition) is 2. The van der Waals surface area contributed by atoms with E-state index in [1.807, 2.05) is 24.8 Å². The number of amides is 1. The molecule has 0 spiro atoms. The van der Waals surface area contributed by atoms with E-state index in [0.29, 0.717) is 5.69 Å². The SMILES string of the molecule is CCN(CC)C(=O)c1ncccc1[Si](C)(C)C. The Morgan fingerprint density at radius 2 is 1.88 bits per heavy atom. The third-order valence-electron chi connectivity index (χ3n) is 2.87. The largest absolute Gasteiger partial charge is 0.338 e. The maximum absolute atomic E-state index is 12.4. The van der Waals surface area contributed by atoms with Crippen molar-refractivity contribution >= 4 is 19.2 Å². The lowest BCUT2D eigenvalue weighted by atomic mass is 10.3. The molecule has 4 heteroatoms. The van der Waals surface area contributed by atoms with E-state index in [2.05, 4.69) is 30.7 Å². The van der Waals surface area contributed by atoms with Gasteiger partial charge < -0.3 is 4.90 Å². The molecule has 0 aliphatic rings. The Hall–Kier alpha value is -1.16. The van der Waals surface area contributed by atoms with Crippen LogP contribution in [-0.4, -0.2) is 37.0 Å². The van der Waals surface area contributed by atoms with E-state index in [-0.39, 0.29) is 5.91 Å². The molecule has 0 saturated carbocycles. The first-order chi connectivity index (χ1) is 7.91. The van der Waals surface area contributed by atoms with Gasteiger partial charge in [0.1, 0.15) is 5.69 Å². The van der Waals surface area contributed by atoms with Crippen molar-refractivity contribution < 1.29 is 4.79 Å². The molecule has 1 heterocycles. The van der Waals surface area contributed by atoms with Gasteiger partial charge in [-0.05, 0) is 25.1 Å². The Morgan fingerprint density at radius 3 is 2.35 bits per heavy atom. The van der Waals surface area contributed by atoms with Crippen LogP contribution in [0.4, 0.5) is 0 Å². The molecule has 0 bridgehead atoms. The predicted octanol–water partition coefficient (Wildman–Crippen LogP) is 2.11. The summed E-state index contributed by atoms with van der Waals surface area (Å²) in [5, 5.41) is 1.15. The first kappa shape index (κ1) is 13.9. The Bertz CT molecular complexity index is 395. The van der Waals surface area contributed by atoms with Crippen molar-refractivity contribution in [1.29, 1.82) is 0 Å². The number of nitrogens with zero attached hydrogens (tertiary/aromatic N) is 2. The normalized spacial score (nSPS) is 11.4. The molecule has 1 aromatic rings. The van der Waals surface area contributed by atoms with Gasteiger partial charge >= 0.3 is 0 Å². The molecule has 0 fully saturated rings. The van der Waals surface area contributed by atoms with Crippen LogP contribution in [-0.2, 0) is 0 Å². The lowest BCUT2D eigenvalue weighted by Crippen LogP contribution is -2.45. The van der Waals surface area contributed by atoms with Crippen LogP contribution >= 0.6 is 0 Å². The number of rotatable bonds is 4. The van der Waals surface area contributed by atoms with Crippen LogP contribution in [0.5, 0.6) is 0 Å². The summed E-state index contributed by atoms with van der Waals surface area (Å²) in [6, 6.07) is 3.97. The van der Waals surface area contributed by atoms with Gasteiger partial charge in [0, 0.05) is 19.3 Å². The highest BCUT2D eigenvalue weighted by molar-refractivity contribution is 6.89. The lowest BCUT2D eigenvalue weighted by Gasteiger charge is -2.23. The highest BCUT2D eigenvalue weighted by Gasteiger charge is 2.25. The lowest BCUT2D eigenvalue weighted by molar-refractivity contribution is 0.0768. The second-order valence-electron chi connectivity index (χ2n) is 5.13. The van der Waals surface area contributed by atoms with E-state index in [9.17, 15) is 4.79 Å². The Balaban J connectivity index is 3.18. The third-order valence-corrected chi connectivity index (χ3v) is 4.89. The van der Waals surface area contributed by atoms with E-state index >= 15 is 0 Å². The maximum Gasteiger partial charge on any atom is 0.272 e. The molecule has 0 aliphatic heterocycles. The molecule has 0 saturated heterocycles. The number of carbonyl (C=O) groups is 1. The number of pyridine rings is 1. The van der Waals surface area contributed by atoms with Crippen LogP contribution in [0.3, 0.4) is 0 Å². The third kappa shape index (κ3) is 3.16. The van der Waals surface area contributed by atoms with Crippen molar-refractivity contribution in [2.75, 3.05) is 13.1 Å². The highest BCUT2D eigenvalue weighted by atomic mass is 28.3. The molecule has 3 nitrogen and oxygen atoms in total. The standard InChI is InChI=1S/C13H22N2OSi/c1-6-15(7-2)13(16)12-11(17(3,4)5)9-8-10-14-12/h8-10H,6-7H2,1-5H3. The molecule has 1 amide bonds. The van der Waals surface area contributed by atoms with Crippen LogP contribution in [0.25, 0.3) is 0 Å². The average molecular weight is 250 g/mol. The summed E-state index contributed by atoms with van der Waals surface area (Å²) < 4.78 is 0. The molecule has 0 atom stereocenters. The molecule has 0 N–H and O–H groups in total. The quantitative estimate of drug-likeness (QED) is 0.767. The van der Waals surface area contributed by atoms with Gasteiger partial charge in [0.2, 0.25) is 0 Å². The van der Waals surface area contributed by atoms with Crippen molar-refractivity contribution in [1.82, 2.24) is 9.88 Å². The molecule has 1 aromatic heterocycles. The monoisotopic (exact) mass is 250 g/mol. The Kier molecular flexibility index (Phi) is 4.45. The van der Waals surface area contributed by atoms with Gasteiger partial charge in [0.25, 0.3) is 5.91 Å². The summed E-state index contributed by atoms with van der Waals surface area (Å²) in [6.07, 6.45) is 1.71. The van der Waals surface area contributed by atoms with E-state index < -0.39 is 8.07 Å². The van der Waals surface area contributed by atoms with Gasteiger partial charge in [-0.25, -0.2) is 0 Å². The topological polar surface area (TPSA) is 33.2 Å². The van der Waals surface area contributed by atoms with Crippen LogP contribution in [0.15, 0.2) is 18.3 Å². The van der Waals surface area contributed by atoms with Crippen LogP contribution in [0, 0.1) is 0 Å². The highest BCUT2D eigenvalue weighted by Crippen LogP contribution is 2.07. The maximum atomic E-state index is 12.4. The molecule has 1 rings (SSSR count). The van der Waals surface area contributed by atoms with E-state index in [4.69, 9.17) is 0 Å². The van der Waals surface area contributed by atoms with Gasteiger partial charge in [0.05, 0.1) is 8.07 Å². The molecule has 0 aliphatic carbocycles. The number of aromatic nitrogens is 1. The van der Waals surface area contributed by atoms with Crippen molar-refractivity contribution in [2.24, 2.45) is 0 Å². The second-order valence-corrected chi connectivity index (χ2v) is 10.2. The summed E-state index contributed by atoms with van der Waals surface area (Å²) in [7, 11) is -1.52. The first-order valence-corrected chi connectivity index (χ1v) is 9.66. The molecule has 0 aromatic carbocycles. The minimum atomic E-state index is -1.52. The number of carbonyl (C=O) groups excluding carboxylic acids is 1. The number of hydrogen-bond donors (Lipinski definition) is 0. The Labute approximate surface area is 105 Å². The summed E-state index contributed by atoms with van der Waals surface area (Å²) >= 11 is 0. The van der Waals surface area contributed by atoms with Gasteiger partial charge in [-0.1, -0.05) is 25.7 Å². The van der Waals surface area contributed by atoms with Crippen LogP contribution in [0.2, 0.25) is 19.6 Å². The fourth-order valence-corrected chi connectivity index (χ4v) is 3.32. The zero-order valence-electron chi connectivity index (χ0n) is 11.4. The average Bonchev–Trinajstić information content (AvgIpc) is 2.29. The molecule has 94 valence electrons. The molecular weight excluding hydrogens is 228 g/mol. The van der Waals surface area contributed by atoms with E-state index in [1.54, 1.807) is 6.20 Å². The second kappa shape index (κ2) is 5.45. The van der Waals surface area contributed by atoms with Crippen molar-refractivity contribution in [2.45, 2.75) is 33.5 Å². The van der Waals surface area contributed by atoms with Gasteiger partial charge in [0.15, 0.2) is 0 Å². The molecule has 17 heavy (non-hydrogen) atoms. The minimum Gasteiger partial charge on any atom is -0.338 e.